The van der Waals surface area contributed by atoms with Gasteiger partial charge in [0.1, 0.15) is 54.8 Å². The predicted molar refractivity (Wildman–Crippen MR) is 192 cm³/mol. The highest BCUT2D eigenvalue weighted by Gasteiger charge is 2.44. The van der Waals surface area contributed by atoms with Gasteiger partial charge in [0.25, 0.3) is 11.4 Å². The summed E-state index contributed by atoms with van der Waals surface area (Å²) in [5.74, 6) is 1.47. The molecule has 6 N–H and O–H groups in total. The first-order valence-corrected chi connectivity index (χ1v) is 19.0. The minimum absolute atomic E-state index is 0.0612. The molecular formula is C33H32N9O15P. The third-order valence-corrected chi connectivity index (χ3v) is 10.6. The number of nitrogens with zero attached hydrogens (tertiary/aromatic N) is 6. The van der Waals surface area contributed by atoms with Crippen LogP contribution in [0.1, 0.15) is 30.9 Å². The number of carbonyl (C=O) groups excluding carboxylic acids is 1. The molecule has 58 heavy (non-hydrogen) atoms. The van der Waals surface area contributed by atoms with E-state index >= 15 is 0 Å². The van der Waals surface area contributed by atoms with E-state index in [2.05, 4.69) is 30.2 Å². The van der Waals surface area contributed by atoms with Crippen LogP contribution in [0.2, 0.25) is 0 Å². The summed E-state index contributed by atoms with van der Waals surface area (Å²) in [4.78, 5) is 66.6. The summed E-state index contributed by atoms with van der Waals surface area (Å²) in [6, 6.07) is 5.12. The molecule has 2 saturated heterocycles. The van der Waals surface area contributed by atoms with Gasteiger partial charge in [-0.05, 0) is 19.1 Å². The van der Waals surface area contributed by atoms with Gasteiger partial charge in [-0.1, -0.05) is 0 Å². The number of anilines is 2. The summed E-state index contributed by atoms with van der Waals surface area (Å²) >= 11 is 0. The SMILES string of the molecule is Cc1cn([C@H]2C[C@H](O)[C@@H](COP(=O)(O)O[C@H]3C[C@H](n4cnc5c(N)ncnc54)O[C@@H]3COC(=O)Nc3cnc(-c4cc5cc6c(cc5o4)OCO6)o3)O2)c(=O)[nH]c1=O. The van der Waals surface area contributed by atoms with Gasteiger partial charge < -0.3 is 48.3 Å². The van der Waals surface area contributed by atoms with Crippen molar-refractivity contribution >= 4 is 47.8 Å². The third kappa shape index (κ3) is 7.28. The fourth-order valence-electron chi connectivity index (χ4n) is 6.69. The highest BCUT2D eigenvalue weighted by atomic mass is 31.2. The zero-order valence-electron chi connectivity index (χ0n) is 30.0. The number of aryl methyl sites for hydroxylation is 1. The highest BCUT2D eigenvalue weighted by molar-refractivity contribution is 7.47. The van der Waals surface area contributed by atoms with E-state index in [1.807, 2.05) is 0 Å². The molecule has 0 spiro atoms. The number of ether oxygens (including phenoxy) is 5. The molecule has 304 valence electrons. The second kappa shape index (κ2) is 14.7. The minimum atomic E-state index is -4.94. The largest absolute Gasteiger partial charge is 0.472 e. The number of amides is 1. The summed E-state index contributed by atoms with van der Waals surface area (Å²) in [5, 5.41) is 13.8. The van der Waals surface area contributed by atoms with Crippen LogP contribution in [-0.2, 0) is 27.8 Å². The Morgan fingerprint density at radius 3 is 2.67 bits per heavy atom. The first-order chi connectivity index (χ1) is 27.9. The Morgan fingerprint density at radius 1 is 1.03 bits per heavy atom. The first kappa shape index (κ1) is 37.4. The molecule has 24 nitrogen and oxygen atoms in total. The van der Waals surface area contributed by atoms with Crippen LogP contribution in [0.15, 0.2) is 61.7 Å². The van der Waals surface area contributed by atoms with Crippen molar-refractivity contribution in [2.75, 3.05) is 31.1 Å². The van der Waals surface area contributed by atoms with E-state index in [-0.39, 0.29) is 54.1 Å². The van der Waals surface area contributed by atoms with E-state index in [0.717, 1.165) is 4.57 Å². The molecule has 0 bridgehead atoms. The number of rotatable bonds is 11. The number of oxazole rings is 1. The Kier molecular flexibility index (Phi) is 9.46. The maximum atomic E-state index is 13.3. The summed E-state index contributed by atoms with van der Waals surface area (Å²) in [5.41, 5.74) is 5.94. The number of hydrogen-bond donors (Lipinski definition) is 5. The van der Waals surface area contributed by atoms with Gasteiger partial charge in [-0.3, -0.25) is 33.3 Å². The molecule has 2 fully saturated rings. The maximum absolute atomic E-state index is 13.3. The molecule has 9 rings (SSSR count). The Labute approximate surface area is 323 Å². The van der Waals surface area contributed by atoms with Gasteiger partial charge >= 0.3 is 19.6 Å². The monoisotopic (exact) mass is 825 g/mol. The number of nitrogens with two attached hydrogens (primary N) is 1. The fraction of sp³-hybridized carbons (Fsp3) is 0.364. The van der Waals surface area contributed by atoms with Crippen LogP contribution in [0.5, 0.6) is 11.5 Å². The molecule has 1 amide bonds. The Morgan fingerprint density at radius 2 is 1.83 bits per heavy atom. The number of fused-ring (bicyclic) bond motifs is 3. The summed E-state index contributed by atoms with van der Waals surface area (Å²) in [6.45, 7) is 0.494. The number of carbonyl (C=O) groups is 1. The van der Waals surface area contributed by atoms with Crippen molar-refractivity contribution in [1.82, 2.24) is 34.1 Å². The standard InChI is InChI=1S/C33H32N9O15P/c1-14-8-41(32(45)40-30(14)44)25-4-16(43)22(54-25)10-52-58(47,48)57-20-6-26(42-12-38-27-28(34)36-11-37-29(27)42)55-23(20)9-49-33(46)39-24-7-35-31(56-24)21-3-15-2-18-19(51-13-50-18)5-17(15)53-21/h2-3,5,7-8,11-12,16,20,22-23,25-26,43H,4,6,9-10,13H2,1H3,(H,39,46)(H,47,48)(H2,34,36,37)(H,40,44,45)/t16-,20-,22+,23+,25+,26+/m0/s1. The van der Waals surface area contributed by atoms with Crippen molar-refractivity contribution in [3.05, 3.63) is 69.6 Å². The van der Waals surface area contributed by atoms with Crippen LogP contribution in [0, 0.1) is 6.92 Å². The van der Waals surface area contributed by atoms with Gasteiger partial charge in [-0.15, -0.1) is 0 Å². The van der Waals surface area contributed by atoms with E-state index in [9.17, 15) is 28.9 Å². The lowest BCUT2D eigenvalue weighted by molar-refractivity contribution is -0.0572. The van der Waals surface area contributed by atoms with Gasteiger partial charge in [-0.2, -0.15) is 0 Å². The molecule has 3 aliphatic rings. The van der Waals surface area contributed by atoms with Crippen LogP contribution in [0.25, 0.3) is 33.8 Å². The number of nitrogens with one attached hydrogen (secondary N) is 2. The van der Waals surface area contributed by atoms with Crippen molar-refractivity contribution in [2.45, 2.75) is 56.6 Å². The highest BCUT2D eigenvalue weighted by Crippen LogP contribution is 2.49. The lowest BCUT2D eigenvalue weighted by Crippen LogP contribution is -2.33. The molecule has 6 aromatic rings. The van der Waals surface area contributed by atoms with Crippen LogP contribution in [-0.4, -0.2) is 94.6 Å². The topological polar surface area (TPSA) is 315 Å². The third-order valence-electron chi connectivity index (χ3n) is 9.54. The molecule has 25 heteroatoms. The fourth-order valence-corrected chi connectivity index (χ4v) is 7.65. The van der Waals surface area contributed by atoms with Crippen LogP contribution < -0.4 is 31.8 Å². The predicted octanol–water partition coefficient (Wildman–Crippen LogP) is 2.08. The van der Waals surface area contributed by atoms with E-state index in [0.29, 0.717) is 28.1 Å². The Hall–Kier alpha value is -6.14. The van der Waals surface area contributed by atoms with E-state index < -0.39 is 75.3 Å². The van der Waals surface area contributed by atoms with Crippen molar-refractivity contribution < 1.29 is 60.9 Å². The average molecular weight is 826 g/mol. The number of H-pyrrole nitrogens is 1. The molecular weight excluding hydrogens is 793 g/mol. The molecule has 7 atom stereocenters. The number of aromatic nitrogens is 7. The van der Waals surface area contributed by atoms with E-state index in [1.165, 1.54) is 36.5 Å². The number of aliphatic hydroxyl groups is 1. The molecule has 1 unspecified atom stereocenters. The van der Waals surface area contributed by atoms with E-state index in [4.69, 9.17) is 47.3 Å². The van der Waals surface area contributed by atoms with Crippen molar-refractivity contribution in [3.63, 3.8) is 0 Å². The first-order valence-electron chi connectivity index (χ1n) is 17.5. The van der Waals surface area contributed by atoms with Gasteiger partial charge in [0.05, 0.1) is 25.2 Å². The molecule has 5 aromatic heterocycles. The van der Waals surface area contributed by atoms with Crippen LogP contribution in [0.3, 0.4) is 0 Å². The summed E-state index contributed by atoms with van der Waals surface area (Å²) in [7, 11) is -4.94. The second-order valence-electron chi connectivity index (χ2n) is 13.4. The number of furan rings is 1. The molecule has 0 saturated carbocycles. The lowest BCUT2D eigenvalue weighted by Gasteiger charge is -2.22. The van der Waals surface area contributed by atoms with Crippen LogP contribution >= 0.6 is 7.82 Å². The van der Waals surface area contributed by atoms with Crippen LogP contribution in [0.4, 0.5) is 16.5 Å². The molecule has 3 aliphatic heterocycles. The van der Waals surface area contributed by atoms with Crippen molar-refractivity contribution in [3.8, 4) is 23.1 Å². The zero-order valence-corrected chi connectivity index (χ0v) is 30.8. The average Bonchev–Trinajstić information content (AvgIpc) is 4.04. The smallest absolute Gasteiger partial charge is 0.454 e. The molecule has 0 radical (unpaired) electrons. The number of benzene rings is 1. The number of phosphoric ester groups is 1. The normalized spacial score (nSPS) is 23.8. The van der Waals surface area contributed by atoms with Crippen molar-refractivity contribution in [1.29, 1.82) is 0 Å². The number of nitrogen functional groups attached to an aromatic ring is 1. The maximum Gasteiger partial charge on any atom is 0.472 e. The van der Waals surface area contributed by atoms with Gasteiger partial charge in [0.15, 0.2) is 28.7 Å². The molecule has 1 aromatic carbocycles. The van der Waals surface area contributed by atoms with Gasteiger partial charge in [0.2, 0.25) is 12.7 Å². The Bertz CT molecular complexity index is 2670. The second-order valence-corrected chi connectivity index (χ2v) is 14.8. The van der Waals surface area contributed by atoms with E-state index in [1.54, 1.807) is 18.2 Å². The minimum Gasteiger partial charge on any atom is -0.454 e. The molecule has 0 aliphatic carbocycles. The lowest BCUT2D eigenvalue weighted by atomic mass is 10.2. The number of imidazole rings is 1. The summed E-state index contributed by atoms with van der Waals surface area (Å²) in [6.07, 6.45) is -2.63. The number of phosphoric acid groups is 1. The number of hydrogen-bond acceptors (Lipinski definition) is 19. The van der Waals surface area contributed by atoms with Crippen molar-refractivity contribution in [2.24, 2.45) is 0 Å². The quantitative estimate of drug-likeness (QED) is 0.117. The van der Waals surface area contributed by atoms with Gasteiger partial charge in [-0.25, -0.2) is 34.1 Å². The Balaban J connectivity index is 0.860. The number of aliphatic hydroxyl groups excluding tert-OH is 1. The molecule has 8 heterocycles. The van der Waals surface area contributed by atoms with Gasteiger partial charge in [0, 0.05) is 36.1 Å². The summed E-state index contributed by atoms with van der Waals surface area (Å²) < 4.78 is 66.3. The zero-order chi connectivity index (χ0) is 40.3. The number of aromatic amines is 1.